The number of nitrogens with zero attached hydrogens (tertiary/aromatic N) is 3. The van der Waals surface area contributed by atoms with Gasteiger partial charge in [0.25, 0.3) is 5.78 Å². The molecule has 0 radical (unpaired) electrons. The number of Topliss-reactive ketones (excluding diaryl/α,β-unsaturated/α-hetero) is 1. The second kappa shape index (κ2) is 10.9. The number of aromatic nitrogens is 2. The van der Waals surface area contributed by atoms with Crippen LogP contribution in [0.5, 0.6) is 0 Å². The first-order chi connectivity index (χ1) is 19.8. The average molecular weight is 582 g/mol. The second-order valence-corrected chi connectivity index (χ2v) is 12.0. The predicted octanol–water partition coefficient (Wildman–Crippen LogP) is 7.37. The van der Waals surface area contributed by atoms with Gasteiger partial charge in [0.05, 0.1) is 5.57 Å². The number of aliphatic hydroxyl groups excluding tert-OH is 1. The van der Waals surface area contributed by atoms with Gasteiger partial charge in [-0.05, 0) is 47.9 Å². The van der Waals surface area contributed by atoms with Crippen molar-refractivity contribution in [3.8, 4) is 0 Å². The molecule has 9 heteroatoms. The Balaban J connectivity index is 1.40. The van der Waals surface area contributed by atoms with Crippen LogP contribution in [0, 0.1) is 19.7 Å². The zero-order valence-corrected chi connectivity index (χ0v) is 23.8. The van der Waals surface area contributed by atoms with Crippen LogP contribution in [-0.4, -0.2) is 27.0 Å². The third kappa shape index (κ3) is 4.92. The SMILES string of the molecule is Cc1ccc(C)c(C(O)=C2C(=O)C(=O)N(c3nnc(SCc4cccc5ccccc45)s3)C2c2ccccc2F)c1. The first-order valence-corrected chi connectivity index (χ1v) is 14.7. The highest BCUT2D eigenvalue weighted by Crippen LogP contribution is 2.45. The highest BCUT2D eigenvalue weighted by molar-refractivity contribution is 8.00. The van der Waals surface area contributed by atoms with E-state index in [4.69, 9.17) is 0 Å². The molecule has 5 aromatic rings. The molecule has 1 atom stereocenters. The fourth-order valence-electron chi connectivity index (χ4n) is 5.07. The minimum absolute atomic E-state index is 0.0821. The lowest BCUT2D eigenvalue weighted by Crippen LogP contribution is -2.29. The maximum atomic E-state index is 15.2. The Morgan fingerprint density at radius 3 is 2.56 bits per heavy atom. The molecule has 4 aromatic carbocycles. The molecule has 2 heterocycles. The number of aliphatic hydroxyl groups is 1. The number of carbonyl (C=O) groups excluding carboxylic acids is 2. The van der Waals surface area contributed by atoms with Crippen molar-refractivity contribution in [1.82, 2.24) is 10.2 Å². The summed E-state index contributed by atoms with van der Waals surface area (Å²) in [6.45, 7) is 3.66. The highest BCUT2D eigenvalue weighted by atomic mass is 32.2. The lowest BCUT2D eigenvalue weighted by molar-refractivity contribution is -0.132. The first-order valence-electron chi connectivity index (χ1n) is 12.9. The van der Waals surface area contributed by atoms with Crippen molar-refractivity contribution in [1.29, 1.82) is 0 Å². The van der Waals surface area contributed by atoms with Crippen molar-refractivity contribution in [2.24, 2.45) is 0 Å². The molecule has 1 fully saturated rings. The molecule has 204 valence electrons. The van der Waals surface area contributed by atoms with E-state index in [9.17, 15) is 14.7 Å². The van der Waals surface area contributed by atoms with Crippen molar-refractivity contribution >= 4 is 56.5 Å². The Kier molecular flexibility index (Phi) is 7.15. The number of rotatable bonds is 6. The number of hydrogen-bond donors (Lipinski definition) is 1. The minimum atomic E-state index is -1.21. The number of ketones is 1. The van der Waals surface area contributed by atoms with Crippen LogP contribution < -0.4 is 4.90 Å². The normalized spacial score (nSPS) is 16.6. The Morgan fingerprint density at radius 2 is 1.73 bits per heavy atom. The van der Waals surface area contributed by atoms with Gasteiger partial charge in [0.1, 0.15) is 17.6 Å². The van der Waals surface area contributed by atoms with E-state index in [1.54, 1.807) is 19.1 Å². The highest BCUT2D eigenvalue weighted by Gasteiger charge is 2.49. The number of amides is 1. The van der Waals surface area contributed by atoms with Gasteiger partial charge in [-0.25, -0.2) is 4.39 Å². The Morgan fingerprint density at radius 1 is 0.976 bits per heavy atom. The van der Waals surface area contributed by atoms with Gasteiger partial charge in [0, 0.05) is 16.9 Å². The van der Waals surface area contributed by atoms with Crippen LogP contribution in [0.1, 0.15) is 33.9 Å². The van der Waals surface area contributed by atoms with Gasteiger partial charge in [-0.1, -0.05) is 101 Å². The monoisotopic (exact) mass is 581 g/mol. The van der Waals surface area contributed by atoms with Crippen LogP contribution in [-0.2, 0) is 15.3 Å². The Bertz CT molecular complexity index is 1860. The molecule has 1 aromatic heterocycles. The smallest absolute Gasteiger partial charge is 0.301 e. The summed E-state index contributed by atoms with van der Waals surface area (Å²) >= 11 is 2.61. The van der Waals surface area contributed by atoms with Crippen LogP contribution in [0.2, 0.25) is 0 Å². The molecule has 1 unspecified atom stereocenters. The summed E-state index contributed by atoms with van der Waals surface area (Å²) in [6.07, 6.45) is 0. The Hall–Kier alpha value is -4.34. The van der Waals surface area contributed by atoms with Gasteiger partial charge in [-0.3, -0.25) is 14.5 Å². The number of carbonyl (C=O) groups is 2. The van der Waals surface area contributed by atoms with E-state index in [0.29, 0.717) is 15.7 Å². The lowest BCUT2D eigenvalue weighted by Gasteiger charge is -2.23. The van der Waals surface area contributed by atoms with E-state index >= 15 is 4.39 Å². The summed E-state index contributed by atoms with van der Waals surface area (Å²) in [4.78, 5) is 28.1. The molecule has 41 heavy (non-hydrogen) atoms. The van der Waals surface area contributed by atoms with Gasteiger partial charge in [-0.15, -0.1) is 10.2 Å². The van der Waals surface area contributed by atoms with Gasteiger partial charge >= 0.3 is 5.91 Å². The number of thioether (sulfide) groups is 1. The lowest BCUT2D eigenvalue weighted by atomic mass is 9.93. The molecule has 1 aliphatic rings. The van der Waals surface area contributed by atoms with Crippen LogP contribution in [0.15, 0.2) is 94.8 Å². The molecule has 1 aliphatic heterocycles. The van der Waals surface area contributed by atoms with Crippen molar-refractivity contribution in [3.05, 3.63) is 124 Å². The zero-order chi connectivity index (χ0) is 28.7. The number of hydrogen-bond acceptors (Lipinski definition) is 7. The molecule has 0 aliphatic carbocycles. The fourth-order valence-corrected chi connectivity index (χ4v) is 6.94. The average Bonchev–Trinajstić information content (AvgIpc) is 3.55. The van der Waals surface area contributed by atoms with Gasteiger partial charge in [0.15, 0.2) is 4.34 Å². The molecular formula is C32H24FN3O3S2. The Labute approximate surface area is 244 Å². The fraction of sp³-hybridized carbons (Fsp3) is 0.125. The summed E-state index contributed by atoms with van der Waals surface area (Å²) < 4.78 is 15.8. The molecule has 0 spiro atoms. The molecule has 1 saturated heterocycles. The van der Waals surface area contributed by atoms with E-state index in [-0.39, 0.29) is 22.0 Å². The number of halogens is 1. The largest absolute Gasteiger partial charge is 0.507 e. The number of aryl methyl sites for hydroxylation is 2. The summed E-state index contributed by atoms with van der Waals surface area (Å²) in [7, 11) is 0. The second-order valence-electron chi connectivity index (χ2n) is 9.79. The van der Waals surface area contributed by atoms with Crippen LogP contribution in [0.3, 0.4) is 0 Å². The summed E-state index contributed by atoms with van der Waals surface area (Å²) in [5.41, 5.74) is 3.02. The molecule has 0 bridgehead atoms. The molecule has 0 saturated carbocycles. The van der Waals surface area contributed by atoms with Crippen molar-refractivity contribution in [2.45, 2.75) is 30.0 Å². The maximum Gasteiger partial charge on any atom is 0.301 e. The van der Waals surface area contributed by atoms with E-state index in [0.717, 1.165) is 43.7 Å². The van der Waals surface area contributed by atoms with E-state index in [1.807, 2.05) is 37.3 Å². The molecular weight excluding hydrogens is 558 g/mol. The first kappa shape index (κ1) is 26.9. The quantitative estimate of drug-likeness (QED) is 0.0741. The number of anilines is 1. The van der Waals surface area contributed by atoms with Crippen LogP contribution in [0.25, 0.3) is 16.5 Å². The molecule has 6 rings (SSSR count). The standard InChI is InChI=1S/C32H24FN3O3S2/c1-18-14-15-19(2)24(16-18)28(37)26-27(23-12-5-6-13-25(23)33)36(30(39)29(26)38)31-34-35-32(41-31)40-17-21-10-7-9-20-8-3-4-11-22(20)21/h3-16,27,37H,17H2,1-2H3. The topological polar surface area (TPSA) is 83.4 Å². The summed E-state index contributed by atoms with van der Waals surface area (Å²) in [5, 5.41) is 22.4. The predicted molar refractivity (Wildman–Crippen MR) is 161 cm³/mol. The summed E-state index contributed by atoms with van der Waals surface area (Å²) in [6, 6.07) is 24.4. The molecule has 1 amide bonds. The van der Waals surface area contributed by atoms with E-state index in [2.05, 4.69) is 34.5 Å². The van der Waals surface area contributed by atoms with Crippen molar-refractivity contribution in [3.63, 3.8) is 0 Å². The van der Waals surface area contributed by atoms with Gasteiger partial charge in [0.2, 0.25) is 5.13 Å². The van der Waals surface area contributed by atoms with E-state index < -0.39 is 23.5 Å². The third-order valence-electron chi connectivity index (χ3n) is 7.13. The van der Waals surface area contributed by atoms with Crippen LogP contribution in [0.4, 0.5) is 9.52 Å². The summed E-state index contributed by atoms with van der Waals surface area (Å²) in [5.74, 6) is -2.14. The van der Waals surface area contributed by atoms with Crippen molar-refractivity contribution < 1.29 is 19.1 Å². The van der Waals surface area contributed by atoms with E-state index in [1.165, 1.54) is 30.0 Å². The minimum Gasteiger partial charge on any atom is -0.507 e. The maximum absolute atomic E-state index is 15.2. The van der Waals surface area contributed by atoms with Gasteiger partial charge < -0.3 is 5.11 Å². The van der Waals surface area contributed by atoms with Gasteiger partial charge in [-0.2, -0.15) is 0 Å². The molecule has 1 N–H and O–H groups in total. The number of fused-ring (bicyclic) bond motifs is 1. The van der Waals surface area contributed by atoms with Crippen LogP contribution >= 0.6 is 23.1 Å². The zero-order valence-electron chi connectivity index (χ0n) is 22.2. The van der Waals surface area contributed by atoms with Crippen molar-refractivity contribution in [2.75, 3.05) is 4.90 Å². The number of benzene rings is 4. The molecule has 6 nitrogen and oxygen atoms in total. The third-order valence-corrected chi connectivity index (χ3v) is 9.23.